The molecule has 0 aromatic carbocycles. The van der Waals surface area contributed by atoms with Gasteiger partial charge in [0, 0.05) is 25.0 Å². The molecule has 0 spiro atoms. The fourth-order valence-electron chi connectivity index (χ4n) is 6.35. The van der Waals surface area contributed by atoms with Crippen molar-refractivity contribution < 1.29 is 15.1 Å². The summed E-state index contributed by atoms with van der Waals surface area (Å²) in [5.41, 5.74) is 0.496. The molecule has 4 rings (SSSR count). The molecule has 29 heavy (non-hydrogen) atoms. The maximum absolute atomic E-state index is 10.4. The second-order valence-corrected chi connectivity index (χ2v) is 10.3. The Balaban J connectivity index is 1.60. The fourth-order valence-corrected chi connectivity index (χ4v) is 6.35. The summed E-state index contributed by atoms with van der Waals surface area (Å²) in [6.45, 7) is 12.9. The van der Waals surface area contributed by atoms with Crippen molar-refractivity contribution >= 4 is 0 Å². The number of allylic oxidation sites excluding steroid dienone is 2. The van der Waals surface area contributed by atoms with Crippen LogP contribution in [0.3, 0.4) is 0 Å². The molecule has 0 aromatic rings. The second kappa shape index (κ2) is 9.78. The molecule has 2 bridgehead atoms. The van der Waals surface area contributed by atoms with E-state index >= 15 is 0 Å². The minimum absolute atomic E-state index is 0.0452. The van der Waals surface area contributed by atoms with Crippen molar-refractivity contribution in [3.05, 3.63) is 12.2 Å². The number of aliphatic hydroxyl groups is 2. The smallest absolute Gasteiger partial charge is 0.109 e. The number of aliphatic hydroxyl groups excluding tert-OH is 2. The summed E-state index contributed by atoms with van der Waals surface area (Å²) in [7, 11) is 0. The van der Waals surface area contributed by atoms with Crippen LogP contribution >= 0.6 is 0 Å². The van der Waals surface area contributed by atoms with Gasteiger partial charge in [0.1, 0.15) is 6.10 Å². The molecule has 1 heterocycles. The van der Waals surface area contributed by atoms with E-state index < -0.39 is 6.10 Å². The summed E-state index contributed by atoms with van der Waals surface area (Å²) in [4.78, 5) is 6.09. The molecule has 4 aliphatic rings. The van der Waals surface area contributed by atoms with Crippen molar-refractivity contribution in [3.8, 4) is 0 Å². The van der Waals surface area contributed by atoms with Gasteiger partial charge in [-0.05, 0) is 62.2 Å². The van der Waals surface area contributed by atoms with E-state index in [0.717, 1.165) is 44.2 Å². The van der Waals surface area contributed by atoms with Gasteiger partial charge in [-0.15, -0.1) is 0 Å². The Bertz CT molecular complexity index is 550. The van der Waals surface area contributed by atoms with Crippen LogP contribution in [0.1, 0.15) is 66.7 Å². The van der Waals surface area contributed by atoms with Gasteiger partial charge >= 0.3 is 0 Å². The largest absolute Gasteiger partial charge is 0.394 e. The van der Waals surface area contributed by atoms with Gasteiger partial charge in [-0.1, -0.05) is 39.8 Å². The molecule has 3 saturated carbocycles. The number of nitrogens with zero attached hydrogens (tertiary/aromatic N) is 1. The van der Waals surface area contributed by atoms with E-state index in [4.69, 9.17) is 4.84 Å². The van der Waals surface area contributed by atoms with Crippen molar-refractivity contribution in [1.29, 1.82) is 0 Å². The van der Waals surface area contributed by atoms with Crippen molar-refractivity contribution in [1.82, 2.24) is 10.4 Å². The zero-order chi connectivity index (χ0) is 21.2. The summed E-state index contributed by atoms with van der Waals surface area (Å²) in [5.74, 6) is 2.27. The Morgan fingerprint density at radius 2 is 2.03 bits per heavy atom. The molecule has 5 heteroatoms. The van der Waals surface area contributed by atoms with E-state index in [-0.39, 0.29) is 24.7 Å². The summed E-state index contributed by atoms with van der Waals surface area (Å²) < 4.78 is 0. The number of hydrogen-bond acceptors (Lipinski definition) is 5. The molecule has 0 radical (unpaired) electrons. The standard InChI is InChI=1S/C24H44N2O3/c1-6-7-8-9-10-11-26-21(23(17(3)28)22(15-27)29-26)14-25-20-13-18-12-19(16(20)2)24(18,4)5/h7-8,16-23,25,27-28H,6,9-15H2,1-5H3/b8-7-/t16-,17-,18-,19+,20-,21+,22-,23-/m0/s1. The highest BCUT2D eigenvalue weighted by molar-refractivity contribution is 5.07. The average Bonchev–Trinajstić information content (AvgIpc) is 3.04. The third-order valence-corrected chi connectivity index (χ3v) is 8.35. The molecule has 1 aliphatic heterocycles. The SMILES string of the molecule is CC/C=C\CCCN1O[C@@H](CO)[C@@H]([C@H](C)O)[C@H]1CN[C@H]1C[C@@H]2C[C@H]([C@@H]1C)C2(C)C. The minimum Gasteiger partial charge on any atom is -0.394 e. The van der Waals surface area contributed by atoms with E-state index in [0.29, 0.717) is 17.4 Å². The number of nitrogens with one attached hydrogen (secondary N) is 1. The third kappa shape index (κ3) is 4.74. The molecule has 4 fully saturated rings. The Labute approximate surface area is 177 Å². The lowest BCUT2D eigenvalue weighted by Crippen LogP contribution is -2.61. The summed E-state index contributed by atoms with van der Waals surface area (Å²) in [5, 5.41) is 26.2. The number of rotatable bonds is 10. The van der Waals surface area contributed by atoms with Crippen LogP contribution in [0.5, 0.6) is 0 Å². The van der Waals surface area contributed by atoms with Gasteiger partial charge in [0.2, 0.25) is 0 Å². The zero-order valence-corrected chi connectivity index (χ0v) is 19.2. The van der Waals surface area contributed by atoms with E-state index in [1.54, 1.807) is 0 Å². The lowest BCUT2D eigenvalue weighted by molar-refractivity contribution is -0.172. The van der Waals surface area contributed by atoms with E-state index in [2.05, 4.69) is 45.2 Å². The third-order valence-electron chi connectivity index (χ3n) is 8.35. The predicted molar refractivity (Wildman–Crippen MR) is 117 cm³/mol. The fraction of sp³-hybridized carbons (Fsp3) is 0.917. The molecule has 8 atom stereocenters. The summed E-state index contributed by atoms with van der Waals surface area (Å²) in [6, 6.07) is 0.643. The molecule has 168 valence electrons. The lowest BCUT2D eigenvalue weighted by Gasteiger charge is -2.62. The molecule has 0 unspecified atom stereocenters. The van der Waals surface area contributed by atoms with Crippen LogP contribution in [-0.4, -0.2) is 59.3 Å². The van der Waals surface area contributed by atoms with E-state index in [1.807, 2.05) is 12.0 Å². The normalized spacial score (nSPS) is 40.3. The molecule has 0 aromatic heterocycles. The maximum Gasteiger partial charge on any atom is 0.109 e. The Morgan fingerprint density at radius 3 is 2.62 bits per heavy atom. The lowest BCUT2D eigenvalue weighted by atomic mass is 9.45. The Kier molecular flexibility index (Phi) is 7.83. The van der Waals surface area contributed by atoms with Gasteiger partial charge in [0.25, 0.3) is 0 Å². The maximum atomic E-state index is 10.4. The molecule has 0 amide bonds. The highest BCUT2D eigenvalue weighted by atomic mass is 16.7. The molecular weight excluding hydrogens is 364 g/mol. The van der Waals surface area contributed by atoms with Crippen LogP contribution in [0.2, 0.25) is 0 Å². The van der Waals surface area contributed by atoms with Crippen LogP contribution in [0.4, 0.5) is 0 Å². The first-order valence-electron chi connectivity index (χ1n) is 11.9. The average molecular weight is 409 g/mol. The first-order valence-corrected chi connectivity index (χ1v) is 11.9. The molecule has 5 nitrogen and oxygen atoms in total. The molecule has 3 aliphatic carbocycles. The van der Waals surface area contributed by atoms with Crippen molar-refractivity contribution in [2.24, 2.45) is 29.1 Å². The van der Waals surface area contributed by atoms with Crippen LogP contribution in [-0.2, 0) is 4.84 Å². The highest BCUT2D eigenvalue weighted by Gasteiger charge is 2.56. The molecular formula is C24H44N2O3. The number of fused-ring (bicyclic) bond motifs is 2. The minimum atomic E-state index is -0.500. The summed E-state index contributed by atoms with van der Waals surface area (Å²) >= 11 is 0. The van der Waals surface area contributed by atoms with Crippen LogP contribution in [0.15, 0.2) is 12.2 Å². The number of hydrogen-bond donors (Lipinski definition) is 3. The summed E-state index contributed by atoms with van der Waals surface area (Å²) in [6.07, 6.45) is 9.39. The van der Waals surface area contributed by atoms with Gasteiger partial charge in [-0.3, -0.25) is 4.84 Å². The van der Waals surface area contributed by atoms with Gasteiger partial charge < -0.3 is 15.5 Å². The zero-order valence-electron chi connectivity index (χ0n) is 19.2. The quantitative estimate of drug-likeness (QED) is 0.382. The van der Waals surface area contributed by atoms with E-state index in [9.17, 15) is 10.2 Å². The van der Waals surface area contributed by atoms with Gasteiger partial charge in [0.15, 0.2) is 0 Å². The Hall–Kier alpha value is -0.460. The highest BCUT2D eigenvalue weighted by Crippen LogP contribution is 2.61. The van der Waals surface area contributed by atoms with Crippen LogP contribution in [0, 0.1) is 29.1 Å². The van der Waals surface area contributed by atoms with E-state index in [1.165, 1.54) is 12.8 Å². The molecule has 3 N–H and O–H groups in total. The topological polar surface area (TPSA) is 65.0 Å². The van der Waals surface area contributed by atoms with Crippen molar-refractivity contribution in [2.75, 3.05) is 19.7 Å². The van der Waals surface area contributed by atoms with Crippen LogP contribution in [0.25, 0.3) is 0 Å². The number of hydroxylamine groups is 2. The van der Waals surface area contributed by atoms with Gasteiger partial charge in [0.05, 0.1) is 18.8 Å². The van der Waals surface area contributed by atoms with Gasteiger partial charge in [-0.2, -0.15) is 5.06 Å². The van der Waals surface area contributed by atoms with Crippen molar-refractivity contribution in [2.45, 2.75) is 91.0 Å². The van der Waals surface area contributed by atoms with Crippen LogP contribution < -0.4 is 5.32 Å². The Morgan fingerprint density at radius 1 is 1.28 bits per heavy atom. The van der Waals surface area contributed by atoms with Crippen molar-refractivity contribution in [3.63, 3.8) is 0 Å². The first kappa shape index (κ1) is 23.2. The number of unbranched alkanes of at least 4 members (excludes halogenated alkanes) is 1. The molecule has 1 saturated heterocycles. The van der Waals surface area contributed by atoms with Gasteiger partial charge in [-0.25, -0.2) is 0 Å². The second-order valence-electron chi connectivity index (χ2n) is 10.3. The predicted octanol–water partition coefficient (Wildman–Crippen LogP) is 3.37. The monoisotopic (exact) mass is 408 g/mol. The first-order chi connectivity index (χ1) is 13.8.